The van der Waals surface area contributed by atoms with E-state index in [9.17, 15) is 13.2 Å². The average molecular weight is 296 g/mol. The van der Waals surface area contributed by atoms with Crippen molar-refractivity contribution in [2.45, 2.75) is 19.6 Å². The molecular formula is C14H11F3N2S. The Morgan fingerprint density at radius 3 is 2.60 bits per heavy atom. The second-order valence-electron chi connectivity index (χ2n) is 4.25. The highest BCUT2D eigenvalue weighted by Gasteiger charge is 2.31. The Morgan fingerprint density at radius 1 is 1.30 bits per heavy atom. The fourth-order valence-corrected chi connectivity index (χ4v) is 2.57. The van der Waals surface area contributed by atoms with Gasteiger partial charge in [-0.3, -0.25) is 0 Å². The Morgan fingerprint density at radius 2 is 2.05 bits per heavy atom. The van der Waals surface area contributed by atoms with Crippen molar-refractivity contribution < 1.29 is 13.2 Å². The molecule has 0 radical (unpaired) electrons. The van der Waals surface area contributed by atoms with E-state index in [-0.39, 0.29) is 5.56 Å². The van der Waals surface area contributed by atoms with Crippen LogP contribution in [0.5, 0.6) is 0 Å². The molecule has 0 saturated heterocycles. The lowest BCUT2D eigenvalue weighted by molar-refractivity contribution is -0.137. The Balaban J connectivity index is 2.21. The Labute approximate surface area is 118 Å². The number of nitrogens with one attached hydrogen (secondary N) is 1. The van der Waals surface area contributed by atoms with Gasteiger partial charge in [0, 0.05) is 11.4 Å². The molecule has 104 valence electrons. The average Bonchev–Trinajstić information content (AvgIpc) is 2.80. The maximum absolute atomic E-state index is 12.6. The third-order valence-electron chi connectivity index (χ3n) is 2.87. The number of thiophene rings is 1. The van der Waals surface area contributed by atoms with Gasteiger partial charge in [0.2, 0.25) is 0 Å². The van der Waals surface area contributed by atoms with Crippen LogP contribution in [0.1, 0.15) is 21.6 Å². The van der Waals surface area contributed by atoms with E-state index in [2.05, 4.69) is 5.32 Å². The van der Waals surface area contributed by atoms with E-state index in [4.69, 9.17) is 5.26 Å². The summed E-state index contributed by atoms with van der Waals surface area (Å²) in [6.45, 7) is 2.45. The maximum Gasteiger partial charge on any atom is 0.416 e. The Hall–Kier alpha value is -2.00. The molecule has 20 heavy (non-hydrogen) atoms. The van der Waals surface area contributed by atoms with Crippen LogP contribution in [0, 0.1) is 18.3 Å². The molecule has 0 amide bonds. The quantitative estimate of drug-likeness (QED) is 0.901. The van der Waals surface area contributed by atoms with Gasteiger partial charge in [-0.05, 0) is 42.1 Å². The fraction of sp³-hybridized carbons (Fsp3) is 0.214. The summed E-state index contributed by atoms with van der Waals surface area (Å²) in [7, 11) is 0. The summed E-state index contributed by atoms with van der Waals surface area (Å²) in [6, 6.07) is 6.90. The molecule has 1 aromatic carbocycles. The Bertz CT molecular complexity index is 653. The minimum Gasteiger partial charge on any atom is -0.379 e. The van der Waals surface area contributed by atoms with E-state index < -0.39 is 11.7 Å². The summed E-state index contributed by atoms with van der Waals surface area (Å²) in [5.41, 5.74) is 0.710. The zero-order chi connectivity index (χ0) is 14.8. The second kappa shape index (κ2) is 5.55. The Kier molecular flexibility index (Phi) is 4.00. The van der Waals surface area contributed by atoms with Gasteiger partial charge < -0.3 is 5.32 Å². The van der Waals surface area contributed by atoms with Gasteiger partial charge >= 0.3 is 6.18 Å². The number of anilines is 1. The molecule has 1 N–H and O–H groups in total. The van der Waals surface area contributed by atoms with Crippen LogP contribution in [-0.2, 0) is 12.7 Å². The second-order valence-corrected chi connectivity index (χ2v) is 5.25. The van der Waals surface area contributed by atoms with Crippen LogP contribution >= 0.6 is 11.3 Å². The van der Waals surface area contributed by atoms with Gasteiger partial charge in [-0.2, -0.15) is 18.4 Å². The highest BCUT2D eigenvalue weighted by molar-refractivity contribution is 7.10. The molecule has 0 spiro atoms. The number of nitriles is 1. The van der Waals surface area contributed by atoms with Crippen LogP contribution in [-0.4, -0.2) is 0 Å². The smallest absolute Gasteiger partial charge is 0.379 e. The van der Waals surface area contributed by atoms with E-state index in [0.29, 0.717) is 12.2 Å². The summed E-state index contributed by atoms with van der Waals surface area (Å²) >= 11 is 1.56. The topological polar surface area (TPSA) is 35.8 Å². The summed E-state index contributed by atoms with van der Waals surface area (Å²) in [4.78, 5) is 1.09. The first-order valence-corrected chi connectivity index (χ1v) is 6.68. The molecule has 0 fully saturated rings. The first-order chi connectivity index (χ1) is 9.41. The molecular weight excluding hydrogens is 285 g/mol. The lowest BCUT2D eigenvalue weighted by Crippen LogP contribution is -2.07. The lowest BCUT2D eigenvalue weighted by Gasteiger charge is -2.11. The van der Waals surface area contributed by atoms with Crippen LogP contribution < -0.4 is 5.32 Å². The van der Waals surface area contributed by atoms with E-state index in [1.165, 1.54) is 6.07 Å². The zero-order valence-corrected chi connectivity index (χ0v) is 11.4. The van der Waals surface area contributed by atoms with Gasteiger partial charge in [-0.15, -0.1) is 11.3 Å². The van der Waals surface area contributed by atoms with Crippen LogP contribution in [0.15, 0.2) is 29.6 Å². The molecule has 0 bridgehead atoms. The van der Waals surface area contributed by atoms with E-state index in [1.54, 1.807) is 17.4 Å². The number of halogens is 3. The normalized spacial score (nSPS) is 11.2. The van der Waals surface area contributed by atoms with Gasteiger partial charge in [0.05, 0.1) is 16.8 Å². The molecule has 6 heteroatoms. The van der Waals surface area contributed by atoms with Crippen molar-refractivity contribution in [2.75, 3.05) is 5.32 Å². The molecule has 0 saturated carbocycles. The SMILES string of the molecule is Cc1ccsc1CNc1ccc(C(F)(F)F)cc1C#N. The van der Waals surface area contributed by atoms with Crippen LogP contribution in [0.25, 0.3) is 0 Å². The summed E-state index contributed by atoms with van der Waals surface area (Å²) in [5.74, 6) is 0. The van der Waals surface area contributed by atoms with Crippen molar-refractivity contribution in [2.24, 2.45) is 0 Å². The van der Waals surface area contributed by atoms with Gasteiger partial charge in [0.25, 0.3) is 0 Å². The summed E-state index contributed by atoms with van der Waals surface area (Å²) in [5, 5.41) is 13.9. The number of alkyl halides is 3. The molecule has 2 rings (SSSR count). The highest BCUT2D eigenvalue weighted by atomic mass is 32.1. The van der Waals surface area contributed by atoms with Gasteiger partial charge in [-0.1, -0.05) is 0 Å². The van der Waals surface area contributed by atoms with Crippen molar-refractivity contribution >= 4 is 17.0 Å². The molecule has 1 aromatic heterocycles. The zero-order valence-electron chi connectivity index (χ0n) is 10.6. The number of benzene rings is 1. The number of hydrogen-bond acceptors (Lipinski definition) is 3. The van der Waals surface area contributed by atoms with Crippen LogP contribution in [0.2, 0.25) is 0 Å². The predicted molar refractivity (Wildman–Crippen MR) is 72.5 cm³/mol. The first kappa shape index (κ1) is 14.4. The third-order valence-corrected chi connectivity index (χ3v) is 3.90. The van der Waals surface area contributed by atoms with E-state index in [1.807, 2.05) is 18.4 Å². The number of aryl methyl sites for hydroxylation is 1. The molecule has 0 atom stereocenters. The van der Waals surface area contributed by atoms with Crippen LogP contribution in [0.3, 0.4) is 0 Å². The van der Waals surface area contributed by atoms with Crippen molar-refractivity contribution in [3.05, 3.63) is 51.2 Å². The van der Waals surface area contributed by atoms with E-state index >= 15 is 0 Å². The van der Waals surface area contributed by atoms with Gasteiger partial charge in [0.15, 0.2) is 0 Å². The number of nitrogens with zero attached hydrogens (tertiary/aromatic N) is 1. The van der Waals surface area contributed by atoms with Crippen molar-refractivity contribution in [3.63, 3.8) is 0 Å². The standard InChI is InChI=1S/C14H11F3N2S/c1-9-4-5-20-13(9)8-19-12-3-2-11(14(15,16)17)6-10(12)7-18/h2-6,19H,8H2,1H3. The minimum atomic E-state index is -4.44. The summed E-state index contributed by atoms with van der Waals surface area (Å²) in [6.07, 6.45) is -4.44. The molecule has 2 nitrogen and oxygen atoms in total. The number of rotatable bonds is 3. The lowest BCUT2D eigenvalue weighted by atomic mass is 10.1. The van der Waals surface area contributed by atoms with Gasteiger partial charge in [0.1, 0.15) is 6.07 Å². The molecule has 0 unspecified atom stereocenters. The molecule has 0 aliphatic heterocycles. The third kappa shape index (κ3) is 3.11. The van der Waals surface area contributed by atoms with E-state index in [0.717, 1.165) is 22.6 Å². The molecule has 0 aliphatic rings. The molecule has 1 heterocycles. The first-order valence-electron chi connectivity index (χ1n) is 5.80. The molecule has 0 aliphatic carbocycles. The highest BCUT2D eigenvalue weighted by Crippen LogP contribution is 2.32. The molecule has 2 aromatic rings. The van der Waals surface area contributed by atoms with Gasteiger partial charge in [-0.25, -0.2) is 0 Å². The van der Waals surface area contributed by atoms with Crippen molar-refractivity contribution in [1.29, 1.82) is 5.26 Å². The van der Waals surface area contributed by atoms with Crippen molar-refractivity contribution in [1.82, 2.24) is 0 Å². The maximum atomic E-state index is 12.6. The minimum absolute atomic E-state index is 0.00552. The fourth-order valence-electron chi connectivity index (χ4n) is 1.73. The van der Waals surface area contributed by atoms with Crippen LogP contribution in [0.4, 0.5) is 18.9 Å². The monoisotopic (exact) mass is 296 g/mol. The largest absolute Gasteiger partial charge is 0.416 e. The number of hydrogen-bond donors (Lipinski definition) is 1. The summed E-state index contributed by atoms with van der Waals surface area (Å²) < 4.78 is 37.7. The van der Waals surface area contributed by atoms with Crippen molar-refractivity contribution in [3.8, 4) is 6.07 Å². The predicted octanol–water partition coefficient (Wildman–Crippen LogP) is 4.56.